The second-order valence-corrected chi connectivity index (χ2v) is 11.4. The first-order valence-corrected chi connectivity index (χ1v) is 13.1. The average molecular weight is 491 g/mol. The van der Waals surface area contributed by atoms with Crippen molar-refractivity contribution in [3.05, 3.63) is 83.2 Å². The highest BCUT2D eigenvalue weighted by Crippen LogP contribution is 2.29. The molecule has 1 heterocycles. The van der Waals surface area contributed by atoms with Crippen LogP contribution in [0.25, 0.3) is 0 Å². The molecule has 0 bridgehead atoms. The molecule has 4 rings (SSSR count). The summed E-state index contributed by atoms with van der Waals surface area (Å²) >= 11 is 0. The smallest absolute Gasteiger partial charge is 0.261 e. The monoisotopic (exact) mass is 490 g/mol. The Labute approximate surface area is 192 Å². The third-order valence-electron chi connectivity index (χ3n) is 5.57. The molecule has 7 nitrogen and oxygen atoms in total. The molecule has 1 aliphatic heterocycles. The normalized spacial score (nSPS) is 14.5. The van der Waals surface area contributed by atoms with Gasteiger partial charge in [0.15, 0.2) is 0 Å². The summed E-state index contributed by atoms with van der Waals surface area (Å²) in [6.07, 6.45) is 0.509. The highest BCUT2D eigenvalue weighted by atomic mass is 32.2. The van der Waals surface area contributed by atoms with Crippen LogP contribution in [0.3, 0.4) is 0 Å². The molecule has 0 fully saturated rings. The molecule has 1 aliphatic rings. The number of benzene rings is 3. The summed E-state index contributed by atoms with van der Waals surface area (Å²) in [7, 11) is -6.15. The van der Waals surface area contributed by atoms with Gasteiger partial charge in [-0.3, -0.25) is 4.72 Å². The van der Waals surface area contributed by atoms with Crippen LogP contribution in [0.15, 0.2) is 70.5 Å². The highest BCUT2D eigenvalue weighted by molar-refractivity contribution is 7.92. The van der Waals surface area contributed by atoms with E-state index in [1.165, 1.54) is 42.6 Å². The number of aryl methyl sites for hydroxylation is 1. The van der Waals surface area contributed by atoms with Crippen molar-refractivity contribution in [2.24, 2.45) is 0 Å². The molecule has 33 heavy (non-hydrogen) atoms. The van der Waals surface area contributed by atoms with Crippen LogP contribution in [0.2, 0.25) is 0 Å². The highest BCUT2D eigenvalue weighted by Gasteiger charge is 2.29. The van der Waals surface area contributed by atoms with Gasteiger partial charge in [-0.15, -0.1) is 0 Å². The number of sulfonamides is 2. The SMILES string of the molecule is COc1ccc(S(=O)(=O)N2CCc3ccc(NS(=O)(=O)c4ccc(F)c(C)c4)cc3C2)cc1. The fraction of sp³-hybridized carbons (Fsp3) is 0.217. The molecule has 0 amide bonds. The third kappa shape index (κ3) is 4.73. The topological polar surface area (TPSA) is 92.8 Å². The van der Waals surface area contributed by atoms with E-state index in [1.54, 1.807) is 30.3 Å². The van der Waals surface area contributed by atoms with E-state index in [9.17, 15) is 21.2 Å². The second kappa shape index (κ2) is 8.77. The van der Waals surface area contributed by atoms with E-state index in [2.05, 4.69) is 4.72 Å². The number of methoxy groups -OCH3 is 1. The van der Waals surface area contributed by atoms with Gasteiger partial charge >= 0.3 is 0 Å². The number of hydrogen-bond acceptors (Lipinski definition) is 5. The minimum atomic E-state index is -3.93. The molecule has 0 radical (unpaired) electrons. The van der Waals surface area contributed by atoms with Gasteiger partial charge in [-0.2, -0.15) is 4.31 Å². The number of nitrogens with zero attached hydrogens (tertiary/aromatic N) is 1. The number of hydrogen-bond donors (Lipinski definition) is 1. The largest absolute Gasteiger partial charge is 0.497 e. The molecule has 0 aromatic heterocycles. The Morgan fingerprint density at radius 3 is 2.27 bits per heavy atom. The Balaban J connectivity index is 1.57. The summed E-state index contributed by atoms with van der Waals surface area (Å²) in [6.45, 7) is 1.93. The zero-order valence-electron chi connectivity index (χ0n) is 18.1. The first kappa shape index (κ1) is 23.2. The molecule has 0 saturated heterocycles. The fourth-order valence-corrected chi connectivity index (χ4v) is 6.25. The maximum absolute atomic E-state index is 13.5. The number of ether oxygens (including phenoxy) is 1. The lowest BCUT2D eigenvalue weighted by atomic mass is 10.0. The van der Waals surface area contributed by atoms with Crippen LogP contribution >= 0.6 is 0 Å². The molecule has 0 saturated carbocycles. The lowest BCUT2D eigenvalue weighted by Crippen LogP contribution is -2.36. The lowest BCUT2D eigenvalue weighted by molar-refractivity contribution is 0.391. The van der Waals surface area contributed by atoms with Crippen LogP contribution in [0.5, 0.6) is 5.75 Å². The summed E-state index contributed by atoms with van der Waals surface area (Å²) in [5.74, 6) is 0.0760. The summed E-state index contributed by atoms with van der Waals surface area (Å²) in [5.41, 5.74) is 2.20. The Bertz CT molecular complexity index is 1410. The first-order chi connectivity index (χ1) is 15.6. The van der Waals surface area contributed by atoms with E-state index >= 15 is 0 Å². The van der Waals surface area contributed by atoms with E-state index in [4.69, 9.17) is 4.74 Å². The van der Waals surface area contributed by atoms with Gasteiger partial charge < -0.3 is 4.74 Å². The lowest BCUT2D eigenvalue weighted by Gasteiger charge is -2.28. The molecule has 0 spiro atoms. The van der Waals surface area contributed by atoms with Gasteiger partial charge in [0.25, 0.3) is 10.0 Å². The standard InChI is InChI=1S/C23H23FN2O5S2/c1-16-13-22(9-10-23(16)24)32(27,28)25-19-4-3-17-11-12-26(15-18(17)14-19)33(29,30)21-7-5-20(31-2)6-8-21/h3-10,13-14,25H,11-12,15H2,1-2H3. The maximum Gasteiger partial charge on any atom is 0.261 e. The quantitative estimate of drug-likeness (QED) is 0.569. The third-order valence-corrected chi connectivity index (χ3v) is 8.81. The average Bonchev–Trinajstić information content (AvgIpc) is 2.80. The van der Waals surface area contributed by atoms with Crippen molar-refractivity contribution in [1.82, 2.24) is 4.31 Å². The summed E-state index contributed by atoms with van der Waals surface area (Å²) in [4.78, 5) is 0.109. The Kier molecular flexibility index (Phi) is 6.17. The van der Waals surface area contributed by atoms with Gasteiger partial charge in [0.2, 0.25) is 10.0 Å². The zero-order valence-corrected chi connectivity index (χ0v) is 19.7. The second-order valence-electron chi connectivity index (χ2n) is 7.76. The predicted octanol–water partition coefficient (Wildman–Crippen LogP) is 3.69. The Morgan fingerprint density at radius 1 is 0.909 bits per heavy atom. The van der Waals surface area contributed by atoms with Crippen LogP contribution < -0.4 is 9.46 Å². The molecule has 0 unspecified atom stereocenters. The van der Waals surface area contributed by atoms with E-state index in [0.717, 1.165) is 11.6 Å². The van der Waals surface area contributed by atoms with Crippen molar-refractivity contribution in [2.45, 2.75) is 29.7 Å². The molecule has 0 atom stereocenters. The fourth-order valence-electron chi connectivity index (χ4n) is 3.70. The molecule has 1 N–H and O–H groups in total. The number of rotatable bonds is 6. The van der Waals surface area contributed by atoms with Gasteiger partial charge in [-0.05, 0) is 84.6 Å². The molecule has 3 aromatic rings. The molecule has 10 heteroatoms. The predicted molar refractivity (Wildman–Crippen MR) is 123 cm³/mol. The van der Waals surface area contributed by atoms with Crippen LogP contribution in [0.4, 0.5) is 10.1 Å². The summed E-state index contributed by atoms with van der Waals surface area (Å²) < 4.78 is 74.2. The van der Waals surface area contributed by atoms with Crippen molar-refractivity contribution < 1.29 is 26.0 Å². The van der Waals surface area contributed by atoms with E-state index in [1.807, 2.05) is 0 Å². The summed E-state index contributed by atoms with van der Waals surface area (Å²) in [5, 5.41) is 0. The zero-order chi connectivity index (χ0) is 23.8. The number of nitrogens with one attached hydrogen (secondary N) is 1. The van der Waals surface area contributed by atoms with Crippen molar-refractivity contribution in [2.75, 3.05) is 18.4 Å². The van der Waals surface area contributed by atoms with E-state index < -0.39 is 25.9 Å². The Hall–Kier alpha value is -2.95. The van der Waals surface area contributed by atoms with Crippen molar-refractivity contribution >= 4 is 25.7 Å². The maximum atomic E-state index is 13.5. The summed E-state index contributed by atoms with van der Waals surface area (Å²) in [6, 6.07) is 14.8. The number of anilines is 1. The van der Waals surface area contributed by atoms with Crippen molar-refractivity contribution in [1.29, 1.82) is 0 Å². The van der Waals surface area contributed by atoms with Gasteiger partial charge in [-0.25, -0.2) is 21.2 Å². The van der Waals surface area contributed by atoms with Gasteiger partial charge in [0, 0.05) is 18.8 Å². The van der Waals surface area contributed by atoms with Crippen molar-refractivity contribution in [3.63, 3.8) is 0 Å². The van der Waals surface area contributed by atoms with Crippen molar-refractivity contribution in [3.8, 4) is 5.75 Å². The van der Waals surface area contributed by atoms with Gasteiger partial charge in [0.05, 0.1) is 16.9 Å². The van der Waals surface area contributed by atoms with Crippen LogP contribution in [-0.2, 0) is 33.0 Å². The Morgan fingerprint density at radius 2 is 1.61 bits per heavy atom. The molecule has 3 aromatic carbocycles. The molecule has 0 aliphatic carbocycles. The van der Waals surface area contributed by atoms with Crippen LogP contribution in [-0.4, -0.2) is 34.8 Å². The molecular weight excluding hydrogens is 467 g/mol. The van der Waals surface area contributed by atoms with Crippen LogP contribution in [0.1, 0.15) is 16.7 Å². The molecule has 174 valence electrons. The first-order valence-electron chi connectivity index (χ1n) is 10.1. The minimum Gasteiger partial charge on any atom is -0.497 e. The van der Waals surface area contributed by atoms with Gasteiger partial charge in [-0.1, -0.05) is 6.07 Å². The number of fused-ring (bicyclic) bond motifs is 1. The van der Waals surface area contributed by atoms with E-state index in [-0.39, 0.29) is 21.9 Å². The van der Waals surface area contributed by atoms with Crippen LogP contribution in [0, 0.1) is 12.7 Å². The number of halogens is 1. The van der Waals surface area contributed by atoms with Gasteiger partial charge in [0.1, 0.15) is 11.6 Å². The van der Waals surface area contributed by atoms with E-state index in [0.29, 0.717) is 30.0 Å². The molecular formula is C23H23FN2O5S2. The minimum absolute atomic E-state index is 0.0529.